The van der Waals surface area contributed by atoms with E-state index in [0.717, 1.165) is 0 Å². The van der Waals surface area contributed by atoms with Crippen LogP contribution in [0.5, 0.6) is 0 Å². The van der Waals surface area contributed by atoms with Gasteiger partial charge in [0.2, 0.25) is 6.20 Å². The number of nitrogen functional groups attached to an aromatic ring is 1. The first-order valence-electron chi connectivity index (χ1n) is 3.27. The fraction of sp³-hybridized carbons (Fsp3) is 0.333. The summed E-state index contributed by atoms with van der Waals surface area (Å²) in [5.41, 5.74) is 5.72. The number of nitrogens with two attached hydrogens (primary N) is 1. The molecule has 0 bridgehead atoms. The highest BCUT2D eigenvalue weighted by atomic mass is 16.5. The van der Waals surface area contributed by atoms with E-state index in [1.165, 1.54) is 6.20 Å². The predicted octanol–water partition coefficient (Wildman–Crippen LogP) is -0.412. The molecule has 1 heterocycles. The van der Waals surface area contributed by atoms with Gasteiger partial charge in [0.1, 0.15) is 0 Å². The molecule has 0 aromatic carbocycles. The summed E-state index contributed by atoms with van der Waals surface area (Å²) in [4.78, 5) is 11.0. The van der Waals surface area contributed by atoms with E-state index in [2.05, 4.69) is 10.2 Å². The SMILES string of the molecule is CCOC(=O)c1c[nH+][nH]c1N. The van der Waals surface area contributed by atoms with Crippen LogP contribution in [0, 0.1) is 0 Å². The molecule has 1 aromatic heterocycles. The molecule has 5 nitrogen and oxygen atoms in total. The van der Waals surface area contributed by atoms with Crippen molar-refractivity contribution in [2.45, 2.75) is 6.92 Å². The quantitative estimate of drug-likeness (QED) is 0.571. The van der Waals surface area contributed by atoms with E-state index in [1.807, 2.05) is 0 Å². The molecule has 0 aliphatic carbocycles. The molecule has 0 fully saturated rings. The van der Waals surface area contributed by atoms with Crippen LogP contribution < -0.4 is 10.8 Å². The highest BCUT2D eigenvalue weighted by Gasteiger charge is 2.15. The molecule has 1 rings (SSSR count). The van der Waals surface area contributed by atoms with Gasteiger partial charge in [0, 0.05) is 0 Å². The van der Waals surface area contributed by atoms with E-state index in [-0.39, 0.29) is 0 Å². The fourth-order valence-electron chi connectivity index (χ4n) is 0.709. The molecule has 0 saturated heterocycles. The third-order valence-electron chi connectivity index (χ3n) is 1.21. The lowest BCUT2D eigenvalue weighted by Crippen LogP contribution is -2.06. The second-order valence-electron chi connectivity index (χ2n) is 1.96. The van der Waals surface area contributed by atoms with Gasteiger partial charge in [0.25, 0.3) is 0 Å². The number of H-pyrrole nitrogens is 2. The normalized spacial score (nSPS) is 9.55. The number of esters is 1. The van der Waals surface area contributed by atoms with Gasteiger partial charge in [-0.05, 0) is 6.92 Å². The molecule has 0 aliphatic rings. The van der Waals surface area contributed by atoms with Crippen LogP contribution in [-0.4, -0.2) is 17.7 Å². The number of nitrogens with one attached hydrogen (secondary N) is 2. The maximum atomic E-state index is 11.0. The van der Waals surface area contributed by atoms with Gasteiger partial charge in [-0.15, -0.1) is 5.10 Å². The Labute approximate surface area is 63.5 Å². The summed E-state index contributed by atoms with van der Waals surface area (Å²) < 4.78 is 4.71. The molecule has 11 heavy (non-hydrogen) atoms. The molecule has 0 radical (unpaired) electrons. The van der Waals surface area contributed by atoms with E-state index in [4.69, 9.17) is 10.5 Å². The lowest BCUT2D eigenvalue weighted by Gasteiger charge is -1.95. The highest BCUT2D eigenvalue weighted by molar-refractivity contribution is 5.93. The van der Waals surface area contributed by atoms with Gasteiger partial charge in [-0.2, -0.15) is 5.10 Å². The van der Waals surface area contributed by atoms with Gasteiger partial charge in [-0.25, -0.2) is 4.79 Å². The summed E-state index contributed by atoms with van der Waals surface area (Å²) in [5.74, 6) is -0.119. The van der Waals surface area contributed by atoms with Gasteiger partial charge in [0.15, 0.2) is 11.4 Å². The van der Waals surface area contributed by atoms with E-state index < -0.39 is 5.97 Å². The molecular formula is C6H10N3O2+. The first kappa shape index (κ1) is 7.59. The summed E-state index contributed by atoms with van der Waals surface area (Å²) in [5, 5.41) is 5.15. The van der Waals surface area contributed by atoms with Crippen molar-refractivity contribution in [3.8, 4) is 0 Å². The Kier molecular flexibility index (Phi) is 2.10. The van der Waals surface area contributed by atoms with Crippen molar-refractivity contribution in [2.24, 2.45) is 0 Å². The minimum absolute atomic E-state index is 0.295. The number of aromatic nitrogens is 2. The maximum Gasteiger partial charge on any atom is 0.348 e. The minimum atomic E-state index is -0.414. The van der Waals surface area contributed by atoms with Crippen molar-refractivity contribution in [3.05, 3.63) is 11.8 Å². The number of rotatable bonds is 2. The van der Waals surface area contributed by atoms with Crippen molar-refractivity contribution in [1.82, 2.24) is 5.10 Å². The fourth-order valence-corrected chi connectivity index (χ4v) is 0.709. The standard InChI is InChI=1S/C6H9N3O2/c1-2-11-6(10)4-3-8-9-5(4)7/h3H,2H2,1H3,(H3,7,8,9)/p+1. The monoisotopic (exact) mass is 156 g/mol. The number of hydrogen-bond donors (Lipinski definition) is 2. The smallest absolute Gasteiger partial charge is 0.348 e. The largest absolute Gasteiger partial charge is 0.462 e. The molecule has 0 unspecified atom stereocenters. The zero-order valence-electron chi connectivity index (χ0n) is 6.18. The average molecular weight is 156 g/mol. The van der Waals surface area contributed by atoms with Crippen LogP contribution in [0.4, 0.5) is 5.82 Å². The minimum Gasteiger partial charge on any atom is -0.462 e. The van der Waals surface area contributed by atoms with Crippen LogP contribution >= 0.6 is 0 Å². The van der Waals surface area contributed by atoms with Crippen LogP contribution in [0.1, 0.15) is 17.3 Å². The summed E-state index contributed by atoms with van der Waals surface area (Å²) in [7, 11) is 0. The molecule has 4 N–H and O–H groups in total. The number of aromatic amines is 2. The van der Waals surface area contributed by atoms with E-state index >= 15 is 0 Å². The van der Waals surface area contributed by atoms with Gasteiger partial charge in [-0.1, -0.05) is 0 Å². The van der Waals surface area contributed by atoms with Gasteiger partial charge in [0.05, 0.1) is 6.61 Å². The Morgan fingerprint density at radius 2 is 2.64 bits per heavy atom. The summed E-state index contributed by atoms with van der Waals surface area (Å²) in [6.07, 6.45) is 1.47. The van der Waals surface area contributed by atoms with Crippen LogP contribution in [0.3, 0.4) is 0 Å². The zero-order chi connectivity index (χ0) is 8.27. The molecule has 60 valence electrons. The highest BCUT2D eigenvalue weighted by Crippen LogP contribution is 2.04. The molecule has 0 amide bonds. The number of carbonyl (C=O) groups is 1. The third-order valence-corrected chi connectivity index (χ3v) is 1.21. The Bertz CT molecular complexity index is 256. The van der Waals surface area contributed by atoms with Crippen molar-refractivity contribution < 1.29 is 14.6 Å². The summed E-state index contributed by atoms with van der Waals surface area (Å²) in [6.45, 7) is 2.09. The Hall–Kier alpha value is -1.52. The molecule has 1 aromatic rings. The van der Waals surface area contributed by atoms with Crippen LogP contribution in [0.2, 0.25) is 0 Å². The van der Waals surface area contributed by atoms with Crippen molar-refractivity contribution in [3.63, 3.8) is 0 Å². The van der Waals surface area contributed by atoms with Crippen LogP contribution in [0.15, 0.2) is 6.20 Å². The van der Waals surface area contributed by atoms with Gasteiger partial charge in [-0.3, -0.25) is 0 Å². The number of carbonyl (C=O) groups excluding carboxylic acids is 1. The molecule has 0 atom stereocenters. The molecule has 0 spiro atoms. The van der Waals surface area contributed by atoms with Crippen molar-refractivity contribution in [2.75, 3.05) is 12.3 Å². The number of ether oxygens (including phenoxy) is 1. The first-order valence-corrected chi connectivity index (χ1v) is 3.27. The van der Waals surface area contributed by atoms with E-state index in [0.29, 0.717) is 18.0 Å². The zero-order valence-corrected chi connectivity index (χ0v) is 6.18. The maximum absolute atomic E-state index is 11.0. The van der Waals surface area contributed by atoms with Gasteiger partial charge < -0.3 is 10.5 Å². The predicted molar refractivity (Wildman–Crippen MR) is 37.7 cm³/mol. The van der Waals surface area contributed by atoms with Crippen molar-refractivity contribution >= 4 is 11.8 Å². The first-order chi connectivity index (χ1) is 5.25. The van der Waals surface area contributed by atoms with Crippen LogP contribution in [-0.2, 0) is 4.74 Å². The lowest BCUT2D eigenvalue weighted by atomic mass is 10.3. The average Bonchev–Trinajstić information content (AvgIpc) is 2.36. The van der Waals surface area contributed by atoms with E-state index in [9.17, 15) is 4.79 Å². The second kappa shape index (κ2) is 3.05. The molecular weight excluding hydrogens is 146 g/mol. The van der Waals surface area contributed by atoms with Crippen LogP contribution in [0.25, 0.3) is 0 Å². The van der Waals surface area contributed by atoms with E-state index in [1.54, 1.807) is 6.92 Å². The molecule has 5 heteroatoms. The Morgan fingerprint density at radius 1 is 1.91 bits per heavy atom. The Morgan fingerprint density at radius 3 is 3.09 bits per heavy atom. The number of hydrogen-bond acceptors (Lipinski definition) is 3. The molecule has 0 saturated carbocycles. The van der Waals surface area contributed by atoms with Crippen molar-refractivity contribution in [1.29, 1.82) is 0 Å². The summed E-state index contributed by atoms with van der Waals surface area (Å²) >= 11 is 0. The Balaban J connectivity index is 2.76. The molecule has 0 aliphatic heterocycles. The van der Waals surface area contributed by atoms with Gasteiger partial charge >= 0.3 is 5.97 Å². The lowest BCUT2D eigenvalue weighted by molar-refractivity contribution is -0.447. The topological polar surface area (TPSA) is 82.2 Å². The number of anilines is 1. The summed E-state index contributed by atoms with van der Waals surface area (Å²) in [6, 6.07) is 0. The third kappa shape index (κ3) is 1.49. The second-order valence-corrected chi connectivity index (χ2v) is 1.96.